The van der Waals surface area contributed by atoms with Gasteiger partial charge in [0.15, 0.2) is 0 Å². The van der Waals surface area contributed by atoms with Crippen LogP contribution in [0.15, 0.2) is 36.4 Å². The van der Waals surface area contributed by atoms with Gasteiger partial charge in [-0.25, -0.2) is 8.78 Å². The predicted octanol–water partition coefficient (Wildman–Crippen LogP) is 4.08. The Hall–Kier alpha value is -2.30. The molecule has 106 valence electrons. The smallest absolute Gasteiger partial charge is 0.149 e. The molecule has 2 rings (SSSR count). The molecule has 20 heavy (non-hydrogen) atoms. The van der Waals surface area contributed by atoms with Gasteiger partial charge in [-0.3, -0.25) is 0 Å². The van der Waals surface area contributed by atoms with Crippen molar-refractivity contribution in [3.05, 3.63) is 48.0 Å². The zero-order valence-electron chi connectivity index (χ0n) is 11.3. The summed E-state index contributed by atoms with van der Waals surface area (Å²) in [6.45, 7) is 3.80. The molecule has 2 aromatic carbocycles. The Morgan fingerprint density at radius 1 is 1.10 bits per heavy atom. The lowest BCUT2D eigenvalue weighted by molar-refractivity contribution is 0.242. The SMILES string of the molecule is CC(C)Oc1cc(N)cc(Nc2ccc(F)cc2F)c1. The minimum absolute atomic E-state index is 0.00667. The molecule has 0 atom stereocenters. The normalized spacial score (nSPS) is 10.7. The maximum absolute atomic E-state index is 13.6. The molecular formula is C15H16F2N2O. The molecule has 0 saturated carbocycles. The average Bonchev–Trinajstić information content (AvgIpc) is 2.31. The van der Waals surface area contributed by atoms with E-state index in [1.54, 1.807) is 18.2 Å². The first-order valence-electron chi connectivity index (χ1n) is 6.23. The van der Waals surface area contributed by atoms with Gasteiger partial charge in [-0.1, -0.05) is 0 Å². The number of benzene rings is 2. The maximum Gasteiger partial charge on any atom is 0.149 e. The van der Waals surface area contributed by atoms with E-state index in [0.29, 0.717) is 17.1 Å². The second-order valence-corrected chi connectivity index (χ2v) is 4.71. The highest BCUT2D eigenvalue weighted by Gasteiger charge is 2.06. The topological polar surface area (TPSA) is 47.3 Å². The van der Waals surface area contributed by atoms with Crippen LogP contribution in [-0.2, 0) is 0 Å². The van der Waals surface area contributed by atoms with Crippen LogP contribution in [0.25, 0.3) is 0 Å². The maximum atomic E-state index is 13.6. The number of halogens is 2. The van der Waals surface area contributed by atoms with E-state index in [1.165, 1.54) is 12.1 Å². The van der Waals surface area contributed by atoms with Gasteiger partial charge >= 0.3 is 0 Å². The molecule has 5 heteroatoms. The van der Waals surface area contributed by atoms with Crippen molar-refractivity contribution in [2.45, 2.75) is 20.0 Å². The van der Waals surface area contributed by atoms with Crippen LogP contribution in [0.5, 0.6) is 5.75 Å². The molecule has 0 heterocycles. The van der Waals surface area contributed by atoms with E-state index >= 15 is 0 Å². The van der Waals surface area contributed by atoms with Crippen LogP contribution < -0.4 is 15.8 Å². The van der Waals surface area contributed by atoms with Crippen molar-refractivity contribution >= 4 is 17.1 Å². The minimum Gasteiger partial charge on any atom is -0.491 e. The van der Waals surface area contributed by atoms with Gasteiger partial charge in [0, 0.05) is 29.6 Å². The predicted molar refractivity (Wildman–Crippen MR) is 76.3 cm³/mol. The molecular weight excluding hydrogens is 262 g/mol. The summed E-state index contributed by atoms with van der Waals surface area (Å²) in [4.78, 5) is 0. The largest absolute Gasteiger partial charge is 0.491 e. The van der Waals surface area contributed by atoms with Gasteiger partial charge in [0.25, 0.3) is 0 Å². The zero-order chi connectivity index (χ0) is 14.7. The third-order valence-corrected chi connectivity index (χ3v) is 2.51. The summed E-state index contributed by atoms with van der Waals surface area (Å²) in [5.41, 5.74) is 7.02. The Labute approximate surface area is 116 Å². The summed E-state index contributed by atoms with van der Waals surface area (Å²) in [6.07, 6.45) is 0.00667. The number of nitrogen functional groups attached to an aromatic ring is 1. The van der Waals surface area contributed by atoms with Crippen LogP contribution in [-0.4, -0.2) is 6.10 Å². The number of hydrogen-bond donors (Lipinski definition) is 2. The van der Waals surface area contributed by atoms with Gasteiger partial charge in [-0.05, 0) is 32.0 Å². The summed E-state index contributed by atoms with van der Waals surface area (Å²) in [5.74, 6) is -0.701. The van der Waals surface area contributed by atoms with Crippen molar-refractivity contribution in [1.29, 1.82) is 0 Å². The van der Waals surface area contributed by atoms with Gasteiger partial charge in [0.1, 0.15) is 17.4 Å². The molecule has 0 radical (unpaired) electrons. The molecule has 0 aliphatic heterocycles. The fourth-order valence-corrected chi connectivity index (χ4v) is 1.78. The summed E-state index contributed by atoms with van der Waals surface area (Å²) in [5, 5.41) is 2.85. The highest BCUT2D eigenvalue weighted by atomic mass is 19.1. The van der Waals surface area contributed by atoms with E-state index in [4.69, 9.17) is 10.5 Å². The van der Waals surface area contributed by atoms with Gasteiger partial charge in [-0.15, -0.1) is 0 Å². The molecule has 0 saturated heterocycles. The summed E-state index contributed by atoms with van der Waals surface area (Å²) in [7, 11) is 0. The lowest BCUT2D eigenvalue weighted by Gasteiger charge is -2.13. The Balaban J connectivity index is 2.26. The monoisotopic (exact) mass is 278 g/mol. The highest BCUT2D eigenvalue weighted by molar-refractivity contribution is 5.66. The molecule has 0 spiro atoms. The molecule has 0 unspecified atom stereocenters. The van der Waals surface area contributed by atoms with Crippen LogP contribution in [0.1, 0.15) is 13.8 Å². The van der Waals surface area contributed by atoms with E-state index < -0.39 is 11.6 Å². The zero-order valence-corrected chi connectivity index (χ0v) is 11.3. The fraction of sp³-hybridized carbons (Fsp3) is 0.200. The van der Waals surface area contributed by atoms with Crippen molar-refractivity contribution < 1.29 is 13.5 Å². The van der Waals surface area contributed by atoms with E-state index in [0.717, 1.165) is 6.07 Å². The Morgan fingerprint density at radius 3 is 2.50 bits per heavy atom. The standard InChI is InChI=1S/C15H16F2N2O/c1-9(2)20-13-7-11(18)6-12(8-13)19-15-4-3-10(16)5-14(15)17/h3-9,19H,18H2,1-2H3. The molecule has 0 aliphatic carbocycles. The quantitative estimate of drug-likeness (QED) is 0.828. The number of anilines is 3. The van der Waals surface area contributed by atoms with Crippen LogP contribution in [0.2, 0.25) is 0 Å². The van der Waals surface area contributed by atoms with Crippen molar-refractivity contribution in [2.75, 3.05) is 11.1 Å². The summed E-state index contributed by atoms with van der Waals surface area (Å²) < 4.78 is 32.0. The first-order valence-corrected chi connectivity index (χ1v) is 6.23. The van der Waals surface area contributed by atoms with Crippen molar-refractivity contribution in [2.24, 2.45) is 0 Å². The lowest BCUT2D eigenvalue weighted by Crippen LogP contribution is -2.06. The number of ether oxygens (including phenoxy) is 1. The van der Waals surface area contributed by atoms with E-state index in [1.807, 2.05) is 13.8 Å². The Kier molecular flexibility index (Phi) is 4.08. The minimum atomic E-state index is -0.668. The Morgan fingerprint density at radius 2 is 1.85 bits per heavy atom. The fourth-order valence-electron chi connectivity index (χ4n) is 1.78. The number of hydrogen-bond acceptors (Lipinski definition) is 3. The van der Waals surface area contributed by atoms with E-state index in [9.17, 15) is 8.78 Å². The van der Waals surface area contributed by atoms with Crippen LogP contribution in [0, 0.1) is 11.6 Å². The first kappa shape index (κ1) is 14.1. The lowest BCUT2D eigenvalue weighted by atomic mass is 10.2. The second kappa shape index (κ2) is 5.77. The molecule has 2 aromatic rings. The van der Waals surface area contributed by atoms with Crippen molar-refractivity contribution in [1.82, 2.24) is 0 Å². The summed E-state index contributed by atoms with van der Waals surface area (Å²) >= 11 is 0. The molecule has 0 aliphatic rings. The number of nitrogens with two attached hydrogens (primary N) is 1. The van der Waals surface area contributed by atoms with E-state index in [-0.39, 0.29) is 11.8 Å². The van der Waals surface area contributed by atoms with Gasteiger partial charge in [0.2, 0.25) is 0 Å². The molecule has 0 aromatic heterocycles. The molecule has 0 bridgehead atoms. The van der Waals surface area contributed by atoms with Gasteiger partial charge in [0.05, 0.1) is 11.8 Å². The van der Waals surface area contributed by atoms with Crippen LogP contribution in [0.3, 0.4) is 0 Å². The van der Waals surface area contributed by atoms with Crippen molar-refractivity contribution in [3.63, 3.8) is 0 Å². The average molecular weight is 278 g/mol. The van der Waals surface area contributed by atoms with E-state index in [2.05, 4.69) is 5.32 Å². The van der Waals surface area contributed by atoms with Crippen LogP contribution in [0.4, 0.5) is 25.8 Å². The second-order valence-electron chi connectivity index (χ2n) is 4.71. The van der Waals surface area contributed by atoms with Gasteiger partial charge < -0.3 is 15.8 Å². The third-order valence-electron chi connectivity index (χ3n) is 2.51. The first-order chi connectivity index (χ1) is 9.44. The number of nitrogens with one attached hydrogen (secondary N) is 1. The molecule has 3 N–H and O–H groups in total. The van der Waals surface area contributed by atoms with Crippen LogP contribution >= 0.6 is 0 Å². The van der Waals surface area contributed by atoms with Gasteiger partial charge in [-0.2, -0.15) is 0 Å². The summed E-state index contributed by atoms with van der Waals surface area (Å²) in [6, 6.07) is 8.38. The number of rotatable bonds is 4. The third kappa shape index (κ3) is 3.60. The molecule has 3 nitrogen and oxygen atoms in total. The highest BCUT2D eigenvalue weighted by Crippen LogP contribution is 2.27. The Bertz CT molecular complexity index is 615. The van der Waals surface area contributed by atoms with Crippen molar-refractivity contribution in [3.8, 4) is 5.75 Å². The molecule has 0 amide bonds. The molecule has 0 fully saturated rings.